The second kappa shape index (κ2) is 15.4. The summed E-state index contributed by atoms with van der Waals surface area (Å²) in [7, 11) is 0. The number of rotatable bonds is 14. The predicted octanol–water partition coefficient (Wildman–Crippen LogP) is 4.02. The minimum absolute atomic E-state index is 0. The van der Waals surface area contributed by atoms with Crippen LogP contribution in [0.1, 0.15) is 68.6 Å². The van der Waals surface area contributed by atoms with Gasteiger partial charge in [0.25, 0.3) is 0 Å². The van der Waals surface area contributed by atoms with Gasteiger partial charge >= 0.3 is 12.0 Å². The van der Waals surface area contributed by atoms with E-state index in [0.29, 0.717) is 6.54 Å². The van der Waals surface area contributed by atoms with E-state index in [1.165, 1.54) is 32.1 Å². The largest absolute Gasteiger partial charge is 0.459 e. The van der Waals surface area contributed by atoms with Crippen LogP contribution < -0.4 is 16.0 Å². The molecule has 3 N–H and O–H groups in total. The number of esters is 1. The lowest BCUT2D eigenvalue weighted by Crippen LogP contribution is -2.46. The summed E-state index contributed by atoms with van der Waals surface area (Å²) in [5, 5.41) is 7.74. The Bertz CT molecular complexity index is 622. The Morgan fingerprint density at radius 3 is 2.31 bits per heavy atom. The van der Waals surface area contributed by atoms with Gasteiger partial charge in [0, 0.05) is 10.8 Å². The zero-order valence-corrected chi connectivity index (χ0v) is 17.7. The molecule has 3 amide bonds. The molecule has 0 aromatic heterocycles. The fourth-order valence-electron chi connectivity index (χ4n) is 2.71. The number of benzene rings is 1. The predicted molar refractivity (Wildman–Crippen MR) is 120 cm³/mol. The summed E-state index contributed by atoms with van der Waals surface area (Å²) in [5.41, 5.74) is 0.874. The van der Waals surface area contributed by atoms with Crippen LogP contribution in [0.4, 0.5) is 4.79 Å². The number of ether oxygens (including phenoxy) is 1. The van der Waals surface area contributed by atoms with Crippen molar-refractivity contribution in [2.45, 2.75) is 71.4 Å². The molecule has 0 aliphatic heterocycles. The lowest BCUT2D eigenvalue weighted by Gasteiger charge is -2.14. The molecule has 1 aromatic carbocycles. The van der Waals surface area contributed by atoms with Gasteiger partial charge < -0.3 is 20.7 Å². The van der Waals surface area contributed by atoms with Gasteiger partial charge in [0.2, 0.25) is 5.91 Å². The van der Waals surface area contributed by atoms with E-state index in [1.807, 2.05) is 30.3 Å². The summed E-state index contributed by atoms with van der Waals surface area (Å²) in [5.74, 6) is -0.967. The minimum atomic E-state index is -0.788. The van der Waals surface area contributed by atoms with E-state index in [9.17, 15) is 14.4 Å². The molecule has 1 rings (SSSR count). The number of hydrogen-bond donors (Lipinski definition) is 3. The van der Waals surface area contributed by atoms with Crippen LogP contribution in [0, 0.1) is 0 Å². The number of nitrogens with one attached hydrogen (secondary N) is 3. The molecule has 0 bridgehead atoms. The second-order valence-electron chi connectivity index (χ2n) is 7.11. The standard InChI is InChI=1S/C22H35N3O4.3H2/c1-3-4-5-6-7-8-12-15-23-22(28)24-16-20(26)25-18(2)21(27)29-17-19-13-10-9-11-14-19;;;/h9-11,13-14,18H,3-8,12,15-17H2,1-2H3,(H,25,26)(H2,23,24,28);3*1H/t18-;;;/m0.../s1. The molecule has 29 heavy (non-hydrogen) atoms. The second-order valence-corrected chi connectivity index (χ2v) is 7.11. The summed E-state index contributed by atoms with van der Waals surface area (Å²) in [6.45, 7) is 4.29. The Hall–Kier alpha value is -2.57. The van der Waals surface area contributed by atoms with E-state index in [-0.39, 0.29) is 23.5 Å². The Morgan fingerprint density at radius 2 is 1.62 bits per heavy atom. The number of hydrogen-bond acceptors (Lipinski definition) is 4. The van der Waals surface area contributed by atoms with E-state index in [0.717, 1.165) is 18.4 Å². The maximum Gasteiger partial charge on any atom is 0.328 e. The molecule has 7 nitrogen and oxygen atoms in total. The fourth-order valence-corrected chi connectivity index (χ4v) is 2.71. The molecule has 0 spiro atoms. The van der Waals surface area contributed by atoms with Crippen LogP contribution in [0.2, 0.25) is 0 Å². The van der Waals surface area contributed by atoms with Crippen LogP contribution in [0.25, 0.3) is 0 Å². The number of urea groups is 1. The first kappa shape index (κ1) is 24.5. The van der Waals surface area contributed by atoms with Gasteiger partial charge in [-0.05, 0) is 18.9 Å². The molecule has 0 radical (unpaired) electrons. The molecule has 1 atom stereocenters. The van der Waals surface area contributed by atoms with Crippen molar-refractivity contribution in [1.29, 1.82) is 0 Å². The highest BCUT2D eigenvalue weighted by Gasteiger charge is 2.17. The molecule has 168 valence electrons. The maximum atomic E-state index is 11.9. The quantitative estimate of drug-likeness (QED) is 0.318. The molecular formula is C22H41N3O4. The highest BCUT2D eigenvalue weighted by Crippen LogP contribution is 2.06. The molecule has 0 aliphatic carbocycles. The highest BCUT2D eigenvalue weighted by atomic mass is 16.5. The summed E-state index contributed by atoms with van der Waals surface area (Å²) in [6, 6.07) is 8.13. The van der Waals surface area contributed by atoms with Crippen molar-refractivity contribution in [3.63, 3.8) is 0 Å². The van der Waals surface area contributed by atoms with Crippen LogP contribution in [0.5, 0.6) is 0 Å². The van der Waals surface area contributed by atoms with Crippen LogP contribution in [0.3, 0.4) is 0 Å². The number of amides is 3. The first-order valence-corrected chi connectivity index (χ1v) is 10.5. The molecule has 0 aliphatic rings. The third kappa shape index (κ3) is 12.5. The zero-order chi connectivity index (χ0) is 21.3. The van der Waals surface area contributed by atoms with Gasteiger partial charge in [-0.15, -0.1) is 0 Å². The van der Waals surface area contributed by atoms with Crippen molar-refractivity contribution in [3.8, 4) is 0 Å². The van der Waals surface area contributed by atoms with Gasteiger partial charge in [-0.2, -0.15) is 0 Å². The van der Waals surface area contributed by atoms with Gasteiger partial charge in [-0.1, -0.05) is 75.8 Å². The number of carbonyl (C=O) groups excluding carboxylic acids is 3. The average Bonchev–Trinajstić information content (AvgIpc) is 2.73. The smallest absolute Gasteiger partial charge is 0.328 e. The van der Waals surface area contributed by atoms with Crippen LogP contribution in [-0.4, -0.2) is 37.0 Å². The summed E-state index contributed by atoms with van der Waals surface area (Å²) >= 11 is 0. The van der Waals surface area contributed by atoms with Crippen molar-refractivity contribution in [3.05, 3.63) is 35.9 Å². The third-order valence-electron chi connectivity index (χ3n) is 4.43. The SMILES string of the molecule is CCCCCCCCCNC(=O)NCC(=O)N[C@@H](C)C(=O)OCc1ccccc1.[HH].[HH].[HH]. The minimum Gasteiger partial charge on any atom is -0.459 e. The van der Waals surface area contributed by atoms with Crippen LogP contribution >= 0.6 is 0 Å². The average molecular weight is 412 g/mol. The summed E-state index contributed by atoms with van der Waals surface area (Å²) < 4.78 is 5.17. The van der Waals surface area contributed by atoms with E-state index in [1.54, 1.807) is 6.92 Å². The van der Waals surface area contributed by atoms with Gasteiger partial charge in [-0.3, -0.25) is 4.79 Å². The van der Waals surface area contributed by atoms with Gasteiger partial charge in [-0.25, -0.2) is 9.59 Å². The van der Waals surface area contributed by atoms with E-state index < -0.39 is 17.9 Å². The Kier molecular flexibility index (Phi) is 13.0. The number of carbonyl (C=O) groups is 3. The monoisotopic (exact) mass is 411 g/mol. The molecular weight excluding hydrogens is 370 g/mol. The molecule has 1 aromatic rings. The molecule has 0 fully saturated rings. The van der Waals surface area contributed by atoms with Gasteiger partial charge in [0.15, 0.2) is 0 Å². The zero-order valence-electron chi connectivity index (χ0n) is 17.7. The van der Waals surface area contributed by atoms with Gasteiger partial charge in [0.1, 0.15) is 12.6 Å². The Labute approximate surface area is 178 Å². The first-order valence-electron chi connectivity index (χ1n) is 10.5. The van der Waals surface area contributed by atoms with Crippen molar-refractivity contribution in [2.24, 2.45) is 0 Å². The molecule has 0 saturated heterocycles. The van der Waals surface area contributed by atoms with E-state index in [4.69, 9.17) is 4.74 Å². The van der Waals surface area contributed by atoms with Crippen LogP contribution in [0.15, 0.2) is 30.3 Å². The Morgan fingerprint density at radius 1 is 0.966 bits per heavy atom. The van der Waals surface area contributed by atoms with Crippen molar-refractivity contribution in [1.82, 2.24) is 16.0 Å². The van der Waals surface area contributed by atoms with Crippen molar-refractivity contribution in [2.75, 3.05) is 13.1 Å². The van der Waals surface area contributed by atoms with Crippen LogP contribution in [-0.2, 0) is 20.9 Å². The van der Waals surface area contributed by atoms with E-state index in [2.05, 4.69) is 22.9 Å². The van der Waals surface area contributed by atoms with Gasteiger partial charge in [0.05, 0.1) is 6.54 Å². The third-order valence-corrected chi connectivity index (χ3v) is 4.43. The Balaban J connectivity index is -0.00000280. The maximum absolute atomic E-state index is 11.9. The molecule has 0 saturated carbocycles. The van der Waals surface area contributed by atoms with Crippen molar-refractivity contribution < 1.29 is 23.4 Å². The fraction of sp³-hybridized carbons (Fsp3) is 0.591. The van der Waals surface area contributed by atoms with E-state index >= 15 is 0 Å². The summed E-state index contributed by atoms with van der Waals surface area (Å²) in [6.07, 6.45) is 8.24. The lowest BCUT2D eigenvalue weighted by molar-refractivity contribution is -0.148. The lowest BCUT2D eigenvalue weighted by atomic mass is 10.1. The molecule has 0 unspecified atom stereocenters. The summed E-state index contributed by atoms with van der Waals surface area (Å²) in [4.78, 5) is 35.5. The topological polar surface area (TPSA) is 96.5 Å². The normalized spacial score (nSPS) is 11.4. The number of unbranched alkanes of at least 4 members (excludes halogenated alkanes) is 6. The highest BCUT2D eigenvalue weighted by molar-refractivity contribution is 5.87. The molecule has 0 heterocycles. The first-order chi connectivity index (χ1) is 14.0. The molecule has 7 heteroatoms. The van der Waals surface area contributed by atoms with Crippen molar-refractivity contribution >= 4 is 17.9 Å².